The predicted molar refractivity (Wildman–Crippen MR) is 63.3 cm³/mol. The maximum absolute atomic E-state index is 11.8. The second kappa shape index (κ2) is 5.15. The van der Waals surface area contributed by atoms with Crippen LogP contribution in [0.4, 0.5) is 0 Å². The first-order valence-corrected chi connectivity index (χ1v) is 6.69. The molecule has 0 aliphatic heterocycles. The van der Waals surface area contributed by atoms with Crippen LogP contribution in [0.1, 0.15) is 0 Å². The standard InChI is InChI=1S/C10H12N4O3S/c15-9-2-1-3-10(8-9)18(16,17)12-5-7-14-6-4-11-13-14/h1-4,6,8,12,15H,5,7H2. The van der Waals surface area contributed by atoms with Crippen LogP contribution in [0.2, 0.25) is 0 Å². The molecule has 0 fully saturated rings. The SMILES string of the molecule is O=S(=O)(NCCn1ccnn1)c1cccc(O)c1. The Balaban J connectivity index is 1.99. The summed E-state index contributed by atoms with van der Waals surface area (Å²) in [4.78, 5) is 0.0288. The first-order valence-electron chi connectivity index (χ1n) is 5.21. The van der Waals surface area contributed by atoms with Gasteiger partial charge in [-0.1, -0.05) is 11.3 Å². The molecule has 2 rings (SSSR count). The van der Waals surface area contributed by atoms with Crippen molar-refractivity contribution in [2.45, 2.75) is 11.4 Å². The van der Waals surface area contributed by atoms with Crippen LogP contribution < -0.4 is 4.72 Å². The monoisotopic (exact) mass is 268 g/mol. The summed E-state index contributed by atoms with van der Waals surface area (Å²) in [5.74, 6) is -0.0887. The first kappa shape index (κ1) is 12.5. The number of phenolic OH excluding ortho intramolecular Hbond substituents is 1. The summed E-state index contributed by atoms with van der Waals surface area (Å²) >= 11 is 0. The minimum absolute atomic E-state index is 0.0288. The van der Waals surface area contributed by atoms with E-state index >= 15 is 0 Å². The molecule has 0 saturated carbocycles. The molecule has 7 nitrogen and oxygen atoms in total. The number of nitrogens with one attached hydrogen (secondary N) is 1. The molecule has 0 aliphatic rings. The van der Waals surface area contributed by atoms with Crippen molar-refractivity contribution < 1.29 is 13.5 Å². The molecule has 0 radical (unpaired) electrons. The maximum atomic E-state index is 11.8. The van der Waals surface area contributed by atoms with E-state index < -0.39 is 10.0 Å². The number of rotatable bonds is 5. The molecule has 0 atom stereocenters. The zero-order chi connectivity index (χ0) is 13.0. The Labute approximate surface area is 104 Å². The van der Waals surface area contributed by atoms with E-state index in [1.54, 1.807) is 6.20 Å². The Hall–Kier alpha value is -1.93. The quantitative estimate of drug-likeness (QED) is 0.793. The van der Waals surface area contributed by atoms with Crippen LogP contribution in [0.25, 0.3) is 0 Å². The molecule has 2 aromatic rings. The number of sulfonamides is 1. The summed E-state index contributed by atoms with van der Waals surface area (Å²) in [5, 5.41) is 16.6. The molecule has 1 heterocycles. The second-order valence-electron chi connectivity index (χ2n) is 3.56. The van der Waals surface area contributed by atoms with Crippen molar-refractivity contribution in [3.05, 3.63) is 36.7 Å². The van der Waals surface area contributed by atoms with E-state index in [4.69, 9.17) is 0 Å². The minimum atomic E-state index is -3.61. The lowest BCUT2D eigenvalue weighted by molar-refractivity contribution is 0.473. The molecule has 1 aromatic heterocycles. The molecule has 2 N–H and O–H groups in total. The molecule has 96 valence electrons. The van der Waals surface area contributed by atoms with Crippen molar-refractivity contribution in [3.63, 3.8) is 0 Å². The van der Waals surface area contributed by atoms with Gasteiger partial charge in [-0.2, -0.15) is 0 Å². The van der Waals surface area contributed by atoms with Gasteiger partial charge in [0.2, 0.25) is 10.0 Å². The molecule has 0 spiro atoms. The van der Waals surface area contributed by atoms with Crippen LogP contribution in [-0.2, 0) is 16.6 Å². The molecule has 1 aromatic carbocycles. The number of aromatic hydroxyl groups is 1. The van der Waals surface area contributed by atoms with E-state index in [0.29, 0.717) is 6.54 Å². The Morgan fingerprint density at radius 3 is 2.89 bits per heavy atom. The molecule has 0 bridgehead atoms. The van der Waals surface area contributed by atoms with Crippen molar-refractivity contribution >= 4 is 10.0 Å². The van der Waals surface area contributed by atoms with Gasteiger partial charge in [-0.15, -0.1) is 5.10 Å². The number of aromatic nitrogens is 3. The van der Waals surface area contributed by atoms with Gasteiger partial charge in [-0.25, -0.2) is 13.1 Å². The lowest BCUT2D eigenvalue weighted by Gasteiger charge is -2.06. The highest BCUT2D eigenvalue weighted by Crippen LogP contribution is 2.15. The van der Waals surface area contributed by atoms with Gasteiger partial charge < -0.3 is 5.11 Å². The molecule has 0 amide bonds. The Morgan fingerprint density at radius 2 is 2.22 bits per heavy atom. The lowest BCUT2D eigenvalue weighted by Crippen LogP contribution is -2.27. The van der Waals surface area contributed by atoms with E-state index in [1.807, 2.05) is 0 Å². The van der Waals surface area contributed by atoms with E-state index in [2.05, 4.69) is 15.0 Å². The third kappa shape index (κ3) is 3.05. The third-order valence-corrected chi connectivity index (χ3v) is 3.69. The molecular formula is C10H12N4O3S. The van der Waals surface area contributed by atoms with Crippen molar-refractivity contribution in [2.75, 3.05) is 6.54 Å². The van der Waals surface area contributed by atoms with Crippen LogP contribution >= 0.6 is 0 Å². The summed E-state index contributed by atoms with van der Waals surface area (Å²) < 4.78 is 27.6. The topological polar surface area (TPSA) is 97.1 Å². The Bertz CT molecular complexity index is 610. The fraction of sp³-hybridized carbons (Fsp3) is 0.200. The van der Waals surface area contributed by atoms with Gasteiger partial charge in [0.05, 0.1) is 17.6 Å². The molecular weight excluding hydrogens is 256 g/mol. The molecule has 18 heavy (non-hydrogen) atoms. The maximum Gasteiger partial charge on any atom is 0.240 e. The van der Waals surface area contributed by atoms with E-state index in [9.17, 15) is 13.5 Å². The predicted octanol–water partition coefficient (Wildman–Crippen LogP) is -0.0378. The van der Waals surface area contributed by atoms with Crippen molar-refractivity contribution in [1.29, 1.82) is 0 Å². The van der Waals surface area contributed by atoms with E-state index in [-0.39, 0.29) is 17.2 Å². The molecule has 0 saturated heterocycles. The van der Waals surface area contributed by atoms with Gasteiger partial charge >= 0.3 is 0 Å². The molecule has 0 unspecified atom stereocenters. The van der Waals surface area contributed by atoms with Gasteiger partial charge in [0.1, 0.15) is 5.75 Å². The van der Waals surface area contributed by atoms with E-state index in [0.717, 1.165) is 0 Å². The van der Waals surface area contributed by atoms with Crippen molar-refractivity contribution in [1.82, 2.24) is 19.7 Å². The van der Waals surface area contributed by atoms with Crippen LogP contribution in [0.3, 0.4) is 0 Å². The van der Waals surface area contributed by atoms with Gasteiger partial charge in [0.15, 0.2) is 0 Å². The Kier molecular flexibility index (Phi) is 3.58. The van der Waals surface area contributed by atoms with Crippen LogP contribution in [-0.4, -0.2) is 35.1 Å². The number of hydrogen-bond donors (Lipinski definition) is 2. The molecule has 0 aliphatic carbocycles. The summed E-state index contributed by atoms with van der Waals surface area (Å²) in [6, 6.07) is 5.49. The summed E-state index contributed by atoms with van der Waals surface area (Å²) in [6.45, 7) is 0.583. The summed E-state index contributed by atoms with van der Waals surface area (Å²) in [5.41, 5.74) is 0. The van der Waals surface area contributed by atoms with Crippen molar-refractivity contribution in [2.24, 2.45) is 0 Å². The summed E-state index contributed by atoms with van der Waals surface area (Å²) in [7, 11) is -3.61. The van der Waals surface area contributed by atoms with Crippen LogP contribution in [0.5, 0.6) is 5.75 Å². The average molecular weight is 268 g/mol. The first-order chi connectivity index (χ1) is 8.58. The zero-order valence-electron chi connectivity index (χ0n) is 9.39. The highest BCUT2D eigenvalue weighted by Gasteiger charge is 2.13. The third-order valence-electron chi connectivity index (χ3n) is 2.23. The second-order valence-corrected chi connectivity index (χ2v) is 5.33. The largest absolute Gasteiger partial charge is 0.508 e. The van der Waals surface area contributed by atoms with Gasteiger partial charge in [-0.05, 0) is 18.2 Å². The number of benzene rings is 1. The average Bonchev–Trinajstić information content (AvgIpc) is 2.82. The zero-order valence-corrected chi connectivity index (χ0v) is 10.2. The fourth-order valence-corrected chi connectivity index (χ4v) is 2.44. The summed E-state index contributed by atoms with van der Waals surface area (Å²) in [6.07, 6.45) is 3.16. The van der Waals surface area contributed by atoms with Crippen LogP contribution in [0.15, 0.2) is 41.6 Å². The van der Waals surface area contributed by atoms with Gasteiger partial charge in [-0.3, -0.25) is 4.68 Å². The molecule has 8 heteroatoms. The van der Waals surface area contributed by atoms with Gasteiger partial charge in [0.25, 0.3) is 0 Å². The lowest BCUT2D eigenvalue weighted by atomic mass is 10.3. The van der Waals surface area contributed by atoms with Gasteiger partial charge in [0, 0.05) is 12.7 Å². The smallest absolute Gasteiger partial charge is 0.240 e. The number of phenols is 1. The highest BCUT2D eigenvalue weighted by molar-refractivity contribution is 7.89. The fourth-order valence-electron chi connectivity index (χ4n) is 1.38. The number of hydrogen-bond acceptors (Lipinski definition) is 5. The Morgan fingerprint density at radius 1 is 1.39 bits per heavy atom. The highest BCUT2D eigenvalue weighted by atomic mass is 32.2. The minimum Gasteiger partial charge on any atom is -0.508 e. The normalized spacial score (nSPS) is 11.6. The van der Waals surface area contributed by atoms with Crippen LogP contribution in [0, 0.1) is 0 Å². The van der Waals surface area contributed by atoms with Crippen molar-refractivity contribution in [3.8, 4) is 5.75 Å². The number of nitrogens with zero attached hydrogens (tertiary/aromatic N) is 3. The van der Waals surface area contributed by atoms with E-state index in [1.165, 1.54) is 35.1 Å².